The van der Waals surface area contributed by atoms with Gasteiger partial charge in [-0.2, -0.15) is 0 Å². The average molecular weight is 424 g/mol. The van der Waals surface area contributed by atoms with Crippen molar-refractivity contribution in [3.05, 3.63) is 66.2 Å². The smallest absolute Gasteiger partial charge is 0.242 e. The summed E-state index contributed by atoms with van der Waals surface area (Å²) in [6.07, 6.45) is 1.73. The third kappa shape index (κ3) is 4.91. The van der Waals surface area contributed by atoms with Gasteiger partial charge in [-0.3, -0.25) is 14.5 Å². The lowest BCUT2D eigenvalue weighted by atomic mass is 10.1. The van der Waals surface area contributed by atoms with E-state index in [1.54, 1.807) is 18.1 Å². The summed E-state index contributed by atoms with van der Waals surface area (Å²) in [4.78, 5) is 31.7. The van der Waals surface area contributed by atoms with Gasteiger partial charge in [0, 0.05) is 18.7 Å². The monoisotopic (exact) mass is 423 g/mol. The maximum Gasteiger partial charge on any atom is 0.242 e. The highest BCUT2D eigenvalue weighted by Gasteiger charge is 2.38. The molecule has 1 saturated heterocycles. The number of benzene rings is 2. The molecule has 0 spiro atoms. The second-order valence-electron chi connectivity index (χ2n) is 6.96. The van der Waals surface area contributed by atoms with E-state index in [0.29, 0.717) is 17.4 Å². The maximum atomic E-state index is 12.9. The largest absolute Gasteiger partial charge is 0.497 e. The number of carbonyl (C=O) groups is 2. The molecule has 2 aromatic carbocycles. The number of amidine groups is 1. The Balaban J connectivity index is 1.75. The molecule has 1 heterocycles. The number of methoxy groups -OCH3 is 1. The number of ether oxygens (including phenoxy) is 1. The van der Waals surface area contributed by atoms with E-state index in [1.807, 2.05) is 56.3 Å². The van der Waals surface area contributed by atoms with Crippen molar-refractivity contribution in [2.75, 3.05) is 19.0 Å². The molecule has 1 fully saturated rings. The zero-order chi connectivity index (χ0) is 21.7. The van der Waals surface area contributed by atoms with Gasteiger partial charge in [-0.25, -0.2) is 4.99 Å². The molecule has 0 radical (unpaired) electrons. The number of aryl methyl sites for hydroxylation is 2. The molecule has 156 valence electrons. The molecule has 0 saturated carbocycles. The lowest BCUT2D eigenvalue weighted by Gasteiger charge is -2.14. The van der Waals surface area contributed by atoms with E-state index in [0.717, 1.165) is 22.6 Å². The molecule has 30 heavy (non-hydrogen) atoms. The third-order valence-electron chi connectivity index (χ3n) is 4.75. The van der Waals surface area contributed by atoms with Crippen molar-refractivity contribution in [3.63, 3.8) is 0 Å². The molecule has 1 N–H and O–H groups in total. The molecule has 3 rings (SSSR count). The van der Waals surface area contributed by atoms with E-state index < -0.39 is 5.25 Å². The van der Waals surface area contributed by atoms with Gasteiger partial charge in [-0.1, -0.05) is 36.0 Å². The summed E-state index contributed by atoms with van der Waals surface area (Å²) < 4.78 is 5.17. The highest BCUT2D eigenvalue weighted by molar-refractivity contribution is 8.15. The predicted octanol–water partition coefficient (Wildman–Crippen LogP) is 4.46. The van der Waals surface area contributed by atoms with E-state index in [9.17, 15) is 9.59 Å². The third-order valence-corrected chi connectivity index (χ3v) is 5.92. The van der Waals surface area contributed by atoms with Crippen LogP contribution in [0.25, 0.3) is 0 Å². The molecule has 2 aromatic rings. The Kier molecular flexibility index (Phi) is 6.95. The number of amides is 2. The molecular weight excluding hydrogens is 398 g/mol. The van der Waals surface area contributed by atoms with Crippen molar-refractivity contribution >= 4 is 40.1 Å². The molecule has 1 aliphatic rings. The number of nitrogens with zero attached hydrogens (tertiary/aromatic N) is 2. The van der Waals surface area contributed by atoms with Crippen molar-refractivity contribution < 1.29 is 14.3 Å². The predicted molar refractivity (Wildman–Crippen MR) is 123 cm³/mol. The second-order valence-corrected chi connectivity index (χ2v) is 8.13. The summed E-state index contributed by atoms with van der Waals surface area (Å²) in [7, 11) is 1.60. The summed E-state index contributed by atoms with van der Waals surface area (Å²) >= 11 is 1.31. The molecule has 0 aromatic heterocycles. The fraction of sp³-hybridized carbons (Fsp3) is 0.261. The van der Waals surface area contributed by atoms with Gasteiger partial charge in [0.15, 0.2) is 5.17 Å². The van der Waals surface area contributed by atoms with Gasteiger partial charge in [0.05, 0.1) is 12.8 Å². The van der Waals surface area contributed by atoms with Gasteiger partial charge in [0.25, 0.3) is 0 Å². The number of anilines is 1. The number of carbonyl (C=O) groups excluding carboxylic acids is 2. The van der Waals surface area contributed by atoms with Crippen LogP contribution in [0.15, 0.2) is 60.1 Å². The summed E-state index contributed by atoms with van der Waals surface area (Å²) in [5.41, 5.74) is 3.49. The Morgan fingerprint density at radius 2 is 1.90 bits per heavy atom. The van der Waals surface area contributed by atoms with Crippen LogP contribution in [0, 0.1) is 13.8 Å². The van der Waals surface area contributed by atoms with Gasteiger partial charge in [0.1, 0.15) is 11.0 Å². The SMILES string of the molecule is C=CCN1C(=O)[C@H](CC(=O)Nc2c(C)cccc2C)SC1=Nc1ccc(OC)cc1. The molecule has 1 aliphatic heterocycles. The normalized spacial score (nSPS) is 17.3. The number of rotatable bonds is 7. The molecular formula is C23H25N3O3S. The zero-order valence-corrected chi connectivity index (χ0v) is 18.2. The van der Waals surface area contributed by atoms with Gasteiger partial charge >= 0.3 is 0 Å². The first-order valence-corrected chi connectivity index (χ1v) is 10.5. The van der Waals surface area contributed by atoms with Crippen molar-refractivity contribution in [2.24, 2.45) is 4.99 Å². The lowest BCUT2D eigenvalue weighted by Crippen LogP contribution is -2.33. The quantitative estimate of drug-likeness (QED) is 0.668. The molecule has 0 unspecified atom stereocenters. The van der Waals surface area contributed by atoms with E-state index >= 15 is 0 Å². The number of nitrogens with one attached hydrogen (secondary N) is 1. The number of hydrogen-bond acceptors (Lipinski definition) is 5. The van der Waals surface area contributed by atoms with Gasteiger partial charge < -0.3 is 10.1 Å². The minimum absolute atomic E-state index is 0.0759. The van der Waals surface area contributed by atoms with Crippen LogP contribution in [0.4, 0.5) is 11.4 Å². The Labute approximate surface area is 181 Å². The number of hydrogen-bond donors (Lipinski definition) is 1. The Morgan fingerprint density at radius 1 is 1.23 bits per heavy atom. The standard InChI is InChI=1S/C23H25N3O3S/c1-5-13-26-22(28)19(14-20(27)25-21-15(2)7-6-8-16(21)3)30-23(26)24-17-9-11-18(29-4)12-10-17/h5-12,19H,1,13-14H2,2-4H3,(H,25,27)/t19-/m0/s1. The summed E-state index contributed by atoms with van der Waals surface area (Å²) in [6.45, 7) is 7.97. The van der Waals surface area contributed by atoms with E-state index in [2.05, 4.69) is 16.9 Å². The maximum absolute atomic E-state index is 12.9. The molecule has 2 amide bonds. The molecule has 0 bridgehead atoms. The van der Waals surface area contributed by atoms with Gasteiger partial charge in [0.2, 0.25) is 11.8 Å². The van der Waals surface area contributed by atoms with Crippen LogP contribution in [0.2, 0.25) is 0 Å². The topological polar surface area (TPSA) is 71.0 Å². The van der Waals surface area contributed by atoms with Crippen LogP contribution in [0.5, 0.6) is 5.75 Å². The lowest BCUT2D eigenvalue weighted by molar-refractivity contribution is -0.127. The average Bonchev–Trinajstić information content (AvgIpc) is 3.00. The van der Waals surface area contributed by atoms with Crippen LogP contribution in [-0.4, -0.2) is 40.8 Å². The highest BCUT2D eigenvalue weighted by atomic mass is 32.2. The highest BCUT2D eigenvalue weighted by Crippen LogP contribution is 2.32. The van der Waals surface area contributed by atoms with E-state index in [4.69, 9.17) is 4.74 Å². The summed E-state index contributed by atoms with van der Waals surface area (Å²) in [5.74, 6) is 0.407. The first-order valence-electron chi connectivity index (χ1n) is 9.60. The Bertz CT molecular complexity index is 965. The minimum atomic E-state index is -0.522. The number of aliphatic imine (C=N–C) groups is 1. The van der Waals surface area contributed by atoms with Crippen molar-refractivity contribution in [3.8, 4) is 5.75 Å². The number of para-hydroxylation sites is 1. The van der Waals surface area contributed by atoms with Crippen molar-refractivity contribution in [1.82, 2.24) is 4.90 Å². The Morgan fingerprint density at radius 3 is 2.50 bits per heavy atom. The van der Waals surface area contributed by atoms with Crippen molar-refractivity contribution in [1.29, 1.82) is 0 Å². The first-order chi connectivity index (χ1) is 14.4. The molecule has 1 atom stereocenters. The molecule has 0 aliphatic carbocycles. The second kappa shape index (κ2) is 9.63. The van der Waals surface area contributed by atoms with Gasteiger partial charge in [-0.05, 0) is 49.2 Å². The minimum Gasteiger partial charge on any atom is -0.497 e. The fourth-order valence-corrected chi connectivity index (χ4v) is 4.33. The van der Waals surface area contributed by atoms with Crippen LogP contribution in [0.1, 0.15) is 17.5 Å². The fourth-order valence-electron chi connectivity index (χ4n) is 3.16. The van der Waals surface area contributed by atoms with Crippen LogP contribution in [0.3, 0.4) is 0 Å². The van der Waals surface area contributed by atoms with E-state index in [1.165, 1.54) is 11.8 Å². The van der Waals surface area contributed by atoms with Gasteiger partial charge in [-0.15, -0.1) is 6.58 Å². The Hall–Kier alpha value is -3.06. The summed E-state index contributed by atoms with van der Waals surface area (Å²) in [5, 5.41) is 3.00. The molecule has 6 nitrogen and oxygen atoms in total. The van der Waals surface area contributed by atoms with E-state index in [-0.39, 0.29) is 18.2 Å². The van der Waals surface area contributed by atoms with Crippen molar-refractivity contribution in [2.45, 2.75) is 25.5 Å². The molecule has 7 heteroatoms. The van der Waals surface area contributed by atoms with Crippen LogP contribution < -0.4 is 10.1 Å². The summed E-state index contributed by atoms with van der Waals surface area (Å²) in [6, 6.07) is 13.1. The zero-order valence-electron chi connectivity index (χ0n) is 17.3. The van der Waals surface area contributed by atoms with Crippen LogP contribution >= 0.6 is 11.8 Å². The van der Waals surface area contributed by atoms with Crippen LogP contribution in [-0.2, 0) is 9.59 Å². The first kappa shape index (κ1) is 21.6. The number of thioether (sulfide) groups is 1.